The van der Waals surface area contributed by atoms with Gasteiger partial charge in [0.1, 0.15) is 11.5 Å². The van der Waals surface area contributed by atoms with E-state index in [9.17, 15) is 9.59 Å². The molecule has 1 aromatic carbocycles. The van der Waals surface area contributed by atoms with Gasteiger partial charge in [-0.3, -0.25) is 0 Å². The standard InChI is InChI=1S/C10H11N3O4/c1-16-6-3-4-7(8(5-6)17-2)13-9(14)11-12-10(13)15/h3-5H,1-2H3,(H,11,14)(H,12,15). The van der Waals surface area contributed by atoms with E-state index in [1.165, 1.54) is 14.2 Å². The van der Waals surface area contributed by atoms with Gasteiger partial charge in [-0.2, -0.15) is 0 Å². The SMILES string of the molecule is COc1ccc(-n2c(=O)[nH][nH]c2=O)c(OC)c1. The number of methoxy groups -OCH3 is 2. The lowest BCUT2D eigenvalue weighted by molar-refractivity contribution is 0.393. The monoisotopic (exact) mass is 237 g/mol. The van der Waals surface area contributed by atoms with Crippen molar-refractivity contribution in [2.45, 2.75) is 0 Å². The van der Waals surface area contributed by atoms with Gasteiger partial charge in [-0.1, -0.05) is 0 Å². The Morgan fingerprint density at radius 2 is 1.71 bits per heavy atom. The Labute approximate surface area is 95.6 Å². The quantitative estimate of drug-likeness (QED) is 0.778. The minimum atomic E-state index is -0.557. The number of hydrogen-bond donors (Lipinski definition) is 2. The number of nitrogens with zero attached hydrogens (tertiary/aromatic N) is 1. The second-order valence-corrected chi connectivity index (χ2v) is 3.23. The fourth-order valence-electron chi connectivity index (χ4n) is 1.50. The summed E-state index contributed by atoms with van der Waals surface area (Å²) in [5.41, 5.74) is -0.766. The number of H-pyrrole nitrogens is 2. The van der Waals surface area contributed by atoms with Crippen LogP contribution >= 0.6 is 0 Å². The molecule has 0 saturated carbocycles. The molecule has 0 amide bonds. The van der Waals surface area contributed by atoms with Gasteiger partial charge in [0.15, 0.2) is 0 Å². The maximum atomic E-state index is 11.5. The average molecular weight is 237 g/mol. The normalized spacial score (nSPS) is 10.2. The van der Waals surface area contributed by atoms with Crippen molar-refractivity contribution in [3.8, 4) is 17.2 Å². The van der Waals surface area contributed by atoms with Crippen molar-refractivity contribution in [1.29, 1.82) is 0 Å². The Hall–Kier alpha value is -2.44. The lowest BCUT2D eigenvalue weighted by Gasteiger charge is -2.08. The maximum Gasteiger partial charge on any atom is 0.349 e. The molecule has 0 aliphatic carbocycles. The van der Waals surface area contributed by atoms with Gasteiger partial charge in [-0.25, -0.2) is 24.4 Å². The summed E-state index contributed by atoms with van der Waals surface area (Å²) < 4.78 is 11.1. The predicted molar refractivity (Wildman–Crippen MR) is 60.1 cm³/mol. The topological polar surface area (TPSA) is 89.1 Å². The highest BCUT2D eigenvalue weighted by Gasteiger charge is 2.12. The first-order valence-corrected chi connectivity index (χ1v) is 4.79. The fourth-order valence-corrected chi connectivity index (χ4v) is 1.50. The maximum absolute atomic E-state index is 11.5. The van der Waals surface area contributed by atoms with Crippen molar-refractivity contribution < 1.29 is 9.47 Å². The van der Waals surface area contributed by atoms with Gasteiger partial charge in [-0.15, -0.1) is 0 Å². The van der Waals surface area contributed by atoms with Crippen molar-refractivity contribution in [3.05, 3.63) is 39.2 Å². The zero-order valence-electron chi connectivity index (χ0n) is 9.31. The van der Waals surface area contributed by atoms with Crippen molar-refractivity contribution in [2.75, 3.05) is 14.2 Å². The molecule has 0 spiro atoms. The molecule has 0 aliphatic rings. The molecular weight excluding hydrogens is 226 g/mol. The van der Waals surface area contributed by atoms with Crippen molar-refractivity contribution in [3.63, 3.8) is 0 Å². The van der Waals surface area contributed by atoms with Crippen molar-refractivity contribution in [1.82, 2.24) is 14.8 Å². The molecule has 2 aromatic rings. The highest BCUT2D eigenvalue weighted by atomic mass is 16.5. The molecule has 0 bridgehead atoms. The summed E-state index contributed by atoms with van der Waals surface area (Å²) in [7, 11) is 2.97. The highest BCUT2D eigenvalue weighted by Crippen LogP contribution is 2.25. The smallest absolute Gasteiger partial charge is 0.349 e. The Morgan fingerprint density at radius 3 is 2.24 bits per heavy atom. The molecule has 0 radical (unpaired) electrons. The molecule has 2 rings (SSSR count). The number of benzene rings is 1. The van der Waals surface area contributed by atoms with Gasteiger partial charge < -0.3 is 9.47 Å². The number of hydrogen-bond acceptors (Lipinski definition) is 4. The molecule has 1 heterocycles. The molecule has 0 saturated heterocycles. The first-order chi connectivity index (χ1) is 8.17. The predicted octanol–water partition coefficient (Wildman–Crippen LogP) is -0.129. The van der Waals surface area contributed by atoms with Crippen LogP contribution in [0.4, 0.5) is 0 Å². The lowest BCUT2D eigenvalue weighted by atomic mass is 10.2. The van der Waals surface area contributed by atoms with Gasteiger partial charge in [0.25, 0.3) is 0 Å². The molecule has 7 nitrogen and oxygen atoms in total. The van der Waals surface area contributed by atoms with E-state index in [1.807, 2.05) is 0 Å². The summed E-state index contributed by atoms with van der Waals surface area (Å²) in [6, 6.07) is 4.80. The summed E-state index contributed by atoms with van der Waals surface area (Å²) in [6.07, 6.45) is 0. The van der Waals surface area contributed by atoms with Crippen molar-refractivity contribution in [2.24, 2.45) is 0 Å². The molecule has 90 valence electrons. The summed E-state index contributed by atoms with van der Waals surface area (Å²) in [4.78, 5) is 22.9. The fraction of sp³-hybridized carbons (Fsp3) is 0.200. The molecule has 17 heavy (non-hydrogen) atoms. The van der Waals surface area contributed by atoms with Crippen LogP contribution in [0, 0.1) is 0 Å². The van der Waals surface area contributed by atoms with Crippen LogP contribution in [0.1, 0.15) is 0 Å². The second kappa shape index (κ2) is 4.20. The van der Waals surface area contributed by atoms with Gasteiger partial charge in [0.2, 0.25) is 0 Å². The third kappa shape index (κ3) is 1.82. The Bertz CT molecular complexity index is 610. The largest absolute Gasteiger partial charge is 0.497 e. The average Bonchev–Trinajstić information content (AvgIpc) is 2.68. The first kappa shape index (κ1) is 11.1. The molecule has 0 fully saturated rings. The van der Waals surface area contributed by atoms with Gasteiger partial charge in [0.05, 0.1) is 19.9 Å². The molecule has 0 unspecified atom stereocenters. The minimum absolute atomic E-state index is 0.348. The second-order valence-electron chi connectivity index (χ2n) is 3.23. The van der Waals surface area contributed by atoms with Crippen LogP contribution in [0.25, 0.3) is 5.69 Å². The Kier molecular flexibility index (Phi) is 2.73. The van der Waals surface area contributed by atoms with E-state index < -0.39 is 11.4 Å². The van der Waals surface area contributed by atoms with Crippen LogP contribution in [0.2, 0.25) is 0 Å². The van der Waals surface area contributed by atoms with Crippen LogP contribution < -0.4 is 20.9 Å². The Balaban J connectivity index is 2.68. The number of aromatic amines is 2. The van der Waals surface area contributed by atoms with Crippen LogP contribution in [-0.4, -0.2) is 29.0 Å². The summed E-state index contributed by atoms with van der Waals surface area (Å²) in [5.74, 6) is 0.946. The Morgan fingerprint density at radius 1 is 1.06 bits per heavy atom. The molecular formula is C10H11N3O4. The van der Waals surface area contributed by atoms with Crippen LogP contribution in [0.3, 0.4) is 0 Å². The zero-order chi connectivity index (χ0) is 12.4. The van der Waals surface area contributed by atoms with Crippen LogP contribution in [0.15, 0.2) is 27.8 Å². The molecule has 1 aromatic heterocycles. The van der Waals surface area contributed by atoms with Gasteiger partial charge in [-0.05, 0) is 12.1 Å². The number of rotatable bonds is 3. The van der Waals surface area contributed by atoms with E-state index in [0.717, 1.165) is 4.57 Å². The number of ether oxygens (including phenoxy) is 2. The van der Waals surface area contributed by atoms with Crippen LogP contribution in [-0.2, 0) is 0 Å². The highest BCUT2D eigenvalue weighted by molar-refractivity contribution is 5.50. The molecule has 0 atom stereocenters. The third-order valence-corrected chi connectivity index (χ3v) is 2.31. The van der Waals surface area contributed by atoms with Crippen LogP contribution in [0.5, 0.6) is 11.5 Å². The third-order valence-electron chi connectivity index (χ3n) is 2.31. The molecule has 7 heteroatoms. The number of aromatic nitrogens is 3. The summed E-state index contributed by atoms with van der Waals surface area (Å²) >= 11 is 0. The van der Waals surface area contributed by atoms with E-state index in [0.29, 0.717) is 17.2 Å². The minimum Gasteiger partial charge on any atom is -0.497 e. The molecule has 2 N–H and O–H groups in total. The number of nitrogens with one attached hydrogen (secondary N) is 2. The summed E-state index contributed by atoms with van der Waals surface area (Å²) in [5, 5.41) is 4.40. The van der Waals surface area contributed by atoms with Crippen molar-refractivity contribution >= 4 is 0 Å². The van der Waals surface area contributed by atoms with E-state index >= 15 is 0 Å². The lowest BCUT2D eigenvalue weighted by Crippen LogP contribution is -2.25. The van der Waals surface area contributed by atoms with E-state index in [-0.39, 0.29) is 0 Å². The van der Waals surface area contributed by atoms with E-state index in [2.05, 4.69) is 10.2 Å². The van der Waals surface area contributed by atoms with E-state index in [1.54, 1.807) is 18.2 Å². The first-order valence-electron chi connectivity index (χ1n) is 4.79. The van der Waals surface area contributed by atoms with E-state index in [4.69, 9.17) is 9.47 Å². The zero-order valence-corrected chi connectivity index (χ0v) is 9.31. The van der Waals surface area contributed by atoms with Gasteiger partial charge in [0, 0.05) is 6.07 Å². The summed E-state index contributed by atoms with van der Waals surface area (Å²) in [6.45, 7) is 0. The molecule has 0 aliphatic heterocycles. The van der Waals surface area contributed by atoms with Gasteiger partial charge >= 0.3 is 11.4 Å².